The first-order valence-electron chi connectivity index (χ1n) is 6.62. The van der Waals surface area contributed by atoms with Gasteiger partial charge in [-0.1, -0.05) is 23.9 Å². The molecule has 1 aromatic carbocycles. The van der Waals surface area contributed by atoms with Gasteiger partial charge in [-0.15, -0.1) is 5.10 Å². The standard InChI is InChI=1S/C13H14FN5OS/c14-9-3-1-8(2-4-9)7-11(12(15)20)21-13-16-17-18-19(13)10-5-6-10/h1-4,10-11H,5-7H2,(H2,15,20)/t11-/m1/s1. The van der Waals surface area contributed by atoms with Crippen molar-refractivity contribution < 1.29 is 9.18 Å². The van der Waals surface area contributed by atoms with Crippen molar-refractivity contribution >= 4 is 17.7 Å². The monoisotopic (exact) mass is 307 g/mol. The van der Waals surface area contributed by atoms with E-state index in [-0.39, 0.29) is 5.82 Å². The fraction of sp³-hybridized carbons (Fsp3) is 0.385. The Balaban J connectivity index is 1.73. The first kappa shape index (κ1) is 14.0. The first-order valence-corrected chi connectivity index (χ1v) is 7.50. The number of primary amides is 1. The van der Waals surface area contributed by atoms with Crippen LogP contribution in [0.25, 0.3) is 0 Å². The summed E-state index contributed by atoms with van der Waals surface area (Å²) in [4.78, 5) is 11.6. The third kappa shape index (κ3) is 3.38. The van der Waals surface area contributed by atoms with Crippen LogP contribution in [0.5, 0.6) is 0 Å². The summed E-state index contributed by atoms with van der Waals surface area (Å²) in [5.74, 6) is -0.741. The zero-order valence-electron chi connectivity index (χ0n) is 11.1. The minimum absolute atomic E-state index is 0.306. The van der Waals surface area contributed by atoms with E-state index in [2.05, 4.69) is 15.5 Å². The van der Waals surface area contributed by atoms with Crippen LogP contribution in [0.2, 0.25) is 0 Å². The molecule has 0 saturated heterocycles. The predicted octanol–water partition coefficient (Wildman–Crippen LogP) is 1.34. The van der Waals surface area contributed by atoms with Crippen molar-refractivity contribution in [2.45, 2.75) is 35.7 Å². The van der Waals surface area contributed by atoms with Crippen LogP contribution in [0.4, 0.5) is 4.39 Å². The van der Waals surface area contributed by atoms with E-state index in [0.717, 1.165) is 18.4 Å². The third-order valence-corrected chi connectivity index (χ3v) is 4.42. The molecule has 1 heterocycles. The Morgan fingerprint density at radius 2 is 2.14 bits per heavy atom. The Morgan fingerprint density at radius 1 is 1.43 bits per heavy atom. The quantitative estimate of drug-likeness (QED) is 0.814. The topological polar surface area (TPSA) is 86.7 Å². The van der Waals surface area contributed by atoms with E-state index in [1.54, 1.807) is 16.8 Å². The van der Waals surface area contributed by atoms with E-state index < -0.39 is 11.2 Å². The second kappa shape index (κ2) is 5.80. The molecule has 1 fully saturated rings. The summed E-state index contributed by atoms with van der Waals surface area (Å²) in [6.45, 7) is 0. The van der Waals surface area contributed by atoms with Crippen LogP contribution in [0, 0.1) is 5.82 Å². The van der Waals surface area contributed by atoms with Crippen LogP contribution in [0.3, 0.4) is 0 Å². The highest BCUT2D eigenvalue weighted by Gasteiger charge is 2.30. The molecule has 2 aromatic rings. The average molecular weight is 307 g/mol. The van der Waals surface area contributed by atoms with Gasteiger partial charge >= 0.3 is 0 Å². The second-order valence-electron chi connectivity index (χ2n) is 4.98. The number of aromatic nitrogens is 4. The summed E-state index contributed by atoms with van der Waals surface area (Å²) in [6.07, 6.45) is 2.52. The van der Waals surface area contributed by atoms with Crippen molar-refractivity contribution in [2.24, 2.45) is 5.73 Å². The molecule has 1 saturated carbocycles. The number of amides is 1. The number of tetrazole rings is 1. The number of thioether (sulfide) groups is 1. The molecule has 3 rings (SSSR count). The van der Waals surface area contributed by atoms with Gasteiger partial charge in [0.1, 0.15) is 5.82 Å². The van der Waals surface area contributed by atoms with E-state index in [1.165, 1.54) is 23.9 Å². The molecule has 2 N–H and O–H groups in total. The molecule has 0 radical (unpaired) electrons. The van der Waals surface area contributed by atoms with E-state index in [0.29, 0.717) is 17.6 Å². The second-order valence-corrected chi connectivity index (χ2v) is 6.15. The number of nitrogens with zero attached hydrogens (tertiary/aromatic N) is 4. The van der Waals surface area contributed by atoms with Crippen molar-refractivity contribution in [3.63, 3.8) is 0 Å². The number of hydrogen-bond acceptors (Lipinski definition) is 5. The normalized spacial score (nSPS) is 15.9. The zero-order chi connectivity index (χ0) is 14.8. The largest absolute Gasteiger partial charge is 0.369 e. The molecule has 1 atom stereocenters. The third-order valence-electron chi connectivity index (χ3n) is 3.25. The molecule has 110 valence electrons. The lowest BCUT2D eigenvalue weighted by molar-refractivity contribution is -0.117. The lowest BCUT2D eigenvalue weighted by atomic mass is 10.1. The minimum atomic E-state index is -0.487. The van der Waals surface area contributed by atoms with Gasteiger partial charge < -0.3 is 5.73 Å². The SMILES string of the molecule is NC(=O)[C@@H](Cc1ccc(F)cc1)Sc1nnnn1C1CC1. The summed E-state index contributed by atoms with van der Waals surface area (Å²) in [7, 11) is 0. The Kier molecular flexibility index (Phi) is 3.87. The van der Waals surface area contributed by atoms with Gasteiger partial charge in [0, 0.05) is 0 Å². The first-order chi connectivity index (χ1) is 10.1. The van der Waals surface area contributed by atoms with Gasteiger partial charge in [0.2, 0.25) is 11.1 Å². The molecule has 21 heavy (non-hydrogen) atoms. The van der Waals surface area contributed by atoms with Crippen molar-refractivity contribution in [3.05, 3.63) is 35.6 Å². The molecule has 8 heteroatoms. The van der Waals surface area contributed by atoms with E-state index >= 15 is 0 Å². The Labute approximate surface area is 124 Å². The summed E-state index contributed by atoms with van der Waals surface area (Å²) >= 11 is 1.26. The van der Waals surface area contributed by atoms with Gasteiger partial charge in [-0.2, -0.15) is 0 Å². The fourth-order valence-electron chi connectivity index (χ4n) is 1.97. The number of halogens is 1. The van der Waals surface area contributed by atoms with Gasteiger partial charge in [0.25, 0.3) is 0 Å². The van der Waals surface area contributed by atoms with Gasteiger partial charge in [0.15, 0.2) is 0 Å². The van der Waals surface area contributed by atoms with Crippen LogP contribution in [-0.2, 0) is 11.2 Å². The minimum Gasteiger partial charge on any atom is -0.369 e. The molecular weight excluding hydrogens is 293 g/mol. The number of carbonyl (C=O) groups is 1. The zero-order valence-corrected chi connectivity index (χ0v) is 12.0. The Hall–Kier alpha value is -1.96. The summed E-state index contributed by atoms with van der Waals surface area (Å²) in [5.41, 5.74) is 6.31. The number of carbonyl (C=O) groups excluding carboxylic acids is 1. The van der Waals surface area contributed by atoms with Gasteiger partial charge in [-0.3, -0.25) is 4.79 Å². The fourth-order valence-corrected chi connectivity index (χ4v) is 3.00. The number of benzene rings is 1. The highest BCUT2D eigenvalue weighted by molar-refractivity contribution is 8.00. The number of hydrogen-bond donors (Lipinski definition) is 1. The summed E-state index contributed by atoms with van der Waals surface area (Å²) in [6, 6.07) is 6.37. The lowest BCUT2D eigenvalue weighted by Crippen LogP contribution is -2.28. The molecule has 1 aromatic heterocycles. The number of rotatable bonds is 6. The van der Waals surface area contributed by atoms with E-state index in [1.807, 2.05) is 0 Å². The predicted molar refractivity (Wildman–Crippen MR) is 75.0 cm³/mol. The lowest BCUT2D eigenvalue weighted by Gasteiger charge is -2.12. The van der Waals surface area contributed by atoms with Gasteiger partial charge in [-0.05, 0) is 47.4 Å². The molecule has 6 nitrogen and oxygen atoms in total. The molecule has 0 bridgehead atoms. The molecule has 0 unspecified atom stereocenters. The van der Waals surface area contributed by atoms with Crippen molar-refractivity contribution in [2.75, 3.05) is 0 Å². The van der Waals surface area contributed by atoms with Crippen molar-refractivity contribution in [1.82, 2.24) is 20.2 Å². The maximum atomic E-state index is 12.9. The molecule has 1 aliphatic carbocycles. The Bertz CT molecular complexity index is 640. The van der Waals surface area contributed by atoms with Crippen molar-refractivity contribution in [1.29, 1.82) is 0 Å². The van der Waals surface area contributed by atoms with Crippen LogP contribution >= 0.6 is 11.8 Å². The maximum absolute atomic E-state index is 12.9. The summed E-state index contributed by atoms with van der Waals surface area (Å²) in [5, 5.41) is 11.7. The molecule has 0 aliphatic heterocycles. The van der Waals surface area contributed by atoms with E-state index in [9.17, 15) is 9.18 Å². The smallest absolute Gasteiger partial charge is 0.231 e. The maximum Gasteiger partial charge on any atom is 0.231 e. The van der Waals surface area contributed by atoms with Crippen LogP contribution in [0.15, 0.2) is 29.4 Å². The number of nitrogens with two attached hydrogens (primary N) is 1. The molecule has 1 amide bonds. The summed E-state index contributed by atoms with van der Waals surface area (Å²) < 4.78 is 14.7. The van der Waals surface area contributed by atoms with E-state index in [4.69, 9.17) is 5.73 Å². The molecule has 1 aliphatic rings. The van der Waals surface area contributed by atoms with Crippen LogP contribution in [-0.4, -0.2) is 31.4 Å². The van der Waals surface area contributed by atoms with Crippen LogP contribution < -0.4 is 5.73 Å². The van der Waals surface area contributed by atoms with Gasteiger partial charge in [0.05, 0.1) is 11.3 Å². The average Bonchev–Trinajstić information content (AvgIpc) is 3.20. The molecule has 0 spiro atoms. The van der Waals surface area contributed by atoms with Crippen molar-refractivity contribution in [3.8, 4) is 0 Å². The van der Waals surface area contributed by atoms with Gasteiger partial charge in [-0.25, -0.2) is 9.07 Å². The highest BCUT2D eigenvalue weighted by Crippen LogP contribution is 2.37. The molecular formula is C13H14FN5OS. The Morgan fingerprint density at radius 3 is 2.76 bits per heavy atom. The van der Waals surface area contributed by atoms with Crippen LogP contribution in [0.1, 0.15) is 24.4 Å². The highest BCUT2D eigenvalue weighted by atomic mass is 32.2.